The Morgan fingerprint density at radius 2 is 0.653 bits per heavy atom. The molecule has 25 heteroatoms. The molecule has 0 radical (unpaired) electrons. The number of amides is 2. The summed E-state index contributed by atoms with van der Waals surface area (Å²) in [6.07, 6.45) is 53.3. The molecule has 0 saturated carbocycles. The molecule has 1 heterocycles. The van der Waals surface area contributed by atoms with Crippen LogP contribution in [0.5, 0.6) is 0 Å². The quantitative estimate of drug-likeness (QED) is 0.0108. The zero-order valence-corrected chi connectivity index (χ0v) is 77.6. The predicted octanol–water partition coefficient (Wildman–Crippen LogP) is 24.3. The molecule has 118 heavy (non-hydrogen) atoms. The topological polar surface area (TPSA) is 327 Å². The smallest absolute Gasteiger partial charge is 0.462 e. The van der Waals surface area contributed by atoms with Gasteiger partial charge in [-0.1, -0.05) is 388 Å². The van der Waals surface area contributed by atoms with Crippen molar-refractivity contribution in [1.29, 1.82) is 0 Å². The lowest BCUT2D eigenvalue weighted by molar-refractivity contribution is -0.271. The minimum absolute atomic E-state index is 0.125. The van der Waals surface area contributed by atoms with Crippen molar-refractivity contribution in [1.82, 2.24) is 10.2 Å². The van der Waals surface area contributed by atoms with Crippen LogP contribution in [-0.2, 0) is 75.4 Å². The minimum atomic E-state index is -5.58. The average Bonchev–Trinajstić information content (AvgIpc) is 0.779. The van der Waals surface area contributed by atoms with E-state index in [0.29, 0.717) is 51.4 Å². The van der Waals surface area contributed by atoms with Crippen molar-refractivity contribution < 1.29 is 100 Å². The van der Waals surface area contributed by atoms with Crippen LogP contribution in [0.2, 0.25) is 0 Å². The summed E-state index contributed by atoms with van der Waals surface area (Å²) in [7, 11) is -10.8. The maximum absolute atomic E-state index is 15.0. The molecule has 2 amide bonds. The Kier molecular flexibility index (Phi) is 75.2. The average molecular weight is 1720 g/mol. The molecule has 8 atom stereocenters. The summed E-state index contributed by atoms with van der Waals surface area (Å²) in [5, 5.41) is 13.9. The maximum atomic E-state index is 15.0. The van der Waals surface area contributed by atoms with E-state index in [4.69, 9.17) is 37.5 Å². The number of carbonyl (C=O) groups is 6. The Labute approximate surface area is 718 Å². The molecule has 0 spiro atoms. The number of unbranched alkanes of at least 4 members (excludes halogenated alkanes) is 54. The second-order valence-electron chi connectivity index (χ2n) is 34.3. The van der Waals surface area contributed by atoms with Gasteiger partial charge in [0.15, 0.2) is 12.4 Å². The molecule has 6 N–H and O–H groups in total. The SMILES string of the molecule is CCCCCCCCCCCCCC(=O)O[C@H](CCCCCCCCCCC)CC(=O)N[C@H]1[C@H](OCCN(COP(=O)(O)O)C(=O)C[C@@H](CCCCCCCCCCC)OC(=O)CCCCCCCCCCCCC)O[C@H](CO)[C@@H](OP(=O)(O)O)[C@@H]1OC(=O)C[C@@H](CCCCCCCCCCC)OC(=O)CCCCCCCCCCCCC. The third-order valence-electron chi connectivity index (χ3n) is 23.0. The van der Waals surface area contributed by atoms with Crippen LogP contribution in [0.25, 0.3) is 0 Å². The van der Waals surface area contributed by atoms with Gasteiger partial charge in [0, 0.05) is 25.8 Å². The summed E-state index contributed by atoms with van der Waals surface area (Å²) >= 11 is 0. The zero-order valence-electron chi connectivity index (χ0n) is 75.8. The number of carbonyl (C=O) groups excluding carboxylic acids is 6. The van der Waals surface area contributed by atoms with Gasteiger partial charge in [0.1, 0.15) is 43.3 Å². The van der Waals surface area contributed by atoms with Crippen LogP contribution in [-0.4, -0.2) is 141 Å². The van der Waals surface area contributed by atoms with Gasteiger partial charge in [-0.15, -0.1) is 0 Å². The number of aliphatic hydroxyl groups is 1. The fraction of sp³-hybridized carbons (Fsp3) is 0.935. The van der Waals surface area contributed by atoms with E-state index in [1.54, 1.807) is 0 Å². The first-order chi connectivity index (χ1) is 57.1. The predicted molar refractivity (Wildman–Crippen MR) is 472 cm³/mol. The van der Waals surface area contributed by atoms with Crippen molar-refractivity contribution in [3.8, 4) is 0 Å². The Morgan fingerprint density at radius 3 is 0.949 bits per heavy atom. The zero-order chi connectivity index (χ0) is 86.6. The fourth-order valence-electron chi connectivity index (χ4n) is 15.8. The fourth-order valence-corrected chi connectivity index (χ4v) is 16.7. The molecule has 0 aromatic carbocycles. The Hall–Kier alpha value is -3.08. The summed E-state index contributed by atoms with van der Waals surface area (Å²) in [6, 6.07) is -1.74. The van der Waals surface area contributed by atoms with Crippen molar-refractivity contribution in [3.63, 3.8) is 0 Å². The van der Waals surface area contributed by atoms with Gasteiger partial charge < -0.3 is 63.3 Å². The van der Waals surface area contributed by atoms with Crippen LogP contribution < -0.4 is 5.32 Å². The largest absolute Gasteiger partial charge is 0.471 e. The first kappa shape index (κ1) is 113. The number of phosphoric acid groups is 2. The Balaban J connectivity index is 3.93. The molecule has 696 valence electrons. The normalized spacial score (nSPS) is 16.5. The molecule has 1 saturated heterocycles. The highest BCUT2D eigenvalue weighted by Gasteiger charge is 2.52. The van der Waals surface area contributed by atoms with Crippen LogP contribution in [0.4, 0.5) is 0 Å². The van der Waals surface area contributed by atoms with E-state index in [0.717, 1.165) is 198 Å². The van der Waals surface area contributed by atoms with E-state index < -0.39 is 140 Å². The number of esters is 4. The summed E-state index contributed by atoms with van der Waals surface area (Å²) in [4.78, 5) is 128. The van der Waals surface area contributed by atoms with E-state index in [1.165, 1.54) is 154 Å². The van der Waals surface area contributed by atoms with Crippen molar-refractivity contribution in [2.75, 3.05) is 26.5 Å². The highest BCUT2D eigenvalue weighted by molar-refractivity contribution is 7.46. The number of phosphoric ester groups is 2. The number of nitrogens with one attached hydrogen (secondary N) is 1. The van der Waals surface area contributed by atoms with E-state index >= 15 is 4.79 Å². The number of ether oxygens (including phenoxy) is 6. The first-order valence-corrected chi connectivity index (χ1v) is 51.9. The Bertz CT molecular complexity index is 2490. The van der Waals surface area contributed by atoms with Gasteiger partial charge >= 0.3 is 39.5 Å². The van der Waals surface area contributed by atoms with Crippen LogP contribution >= 0.6 is 15.6 Å². The van der Waals surface area contributed by atoms with E-state index in [2.05, 4.69) is 46.9 Å². The molecule has 0 aliphatic carbocycles. The lowest BCUT2D eigenvalue weighted by atomic mass is 9.96. The number of rotatable bonds is 87. The summed E-state index contributed by atoms with van der Waals surface area (Å²) in [5.41, 5.74) is 0. The van der Waals surface area contributed by atoms with E-state index in [1.807, 2.05) is 0 Å². The molecule has 23 nitrogen and oxygen atoms in total. The van der Waals surface area contributed by atoms with Crippen LogP contribution in [0.1, 0.15) is 485 Å². The van der Waals surface area contributed by atoms with Crippen LogP contribution in [0, 0.1) is 0 Å². The molecular weight excluding hydrogens is 1540 g/mol. The lowest BCUT2D eigenvalue weighted by Gasteiger charge is -2.45. The van der Waals surface area contributed by atoms with Crippen molar-refractivity contribution in [2.45, 2.75) is 534 Å². The van der Waals surface area contributed by atoms with E-state index in [9.17, 15) is 57.8 Å². The summed E-state index contributed by atoms with van der Waals surface area (Å²) in [6.45, 7) is 10.2. The number of aliphatic hydroxyl groups excluding tert-OH is 1. The first-order valence-electron chi connectivity index (χ1n) is 48.8. The van der Waals surface area contributed by atoms with Crippen molar-refractivity contribution >= 4 is 51.3 Å². The highest BCUT2D eigenvalue weighted by atomic mass is 31.2. The maximum Gasteiger partial charge on any atom is 0.471 e. The minimum Gasteiger partial charge on any atom is -0.462 e. The van der Waals surface area contributed by atoms with Gasteiger partial charge in [0.05, 0.1) is 32.5 Å². The van der Waals surface area contributed by atoms with Gasteiger partial charge in [-0.05, 0) is 57.8 Å². The second-order valence-corrected chi connectivity index (χ2v) is 36.7. The third-order valence-corrected chi connectivity index (χ3v) is 24.0. The van der Waals surface area contributed by atoms with Crippen molar-refractivity contribution in [2.24, 2.45) is 0 Å². The number of hydrogen-bond acceptors (Lipinski definition) is 17. The number of hydrogen-bond donors (Lipinski definition) is 6. The van der Waals surface area contributed by atoms with Gasteiger partial charge in [0.2, 0.25) is 11.8 Å². The molecule has 1 rings (SSSR count). The summed E-state index contributed by atoms with van der Waals surface area (Å²) < 4.78 is 73.2. The molecular formula is C93H178N2O21P2. The molecule has 0 aromatic rings. The molecule has 1 fully saturated rings. The summed E-state index contributed by atoms with van der Waals surface area (Å²) in [5.74, 6) is -3.90. The molecule has 1 aliphatic heterocycles. The highest BCUT2D eigenvalue weighted by Crippen LogP contribution is 2.43. The van der Waals surface area contributed by atoms with Gasteiger partial charge in [-0.3, -0.25) is 37.8 Å². The third kappa shape index (κ3) is 68.3. The van der Waals surface area contributed by atoms with Gasteiger partial charge in [-0.2, -0.15) is 0 Å². The lowest BCUT2D eigenvalue weighted by Crippen LogP contribution is -2.66. The van der Waals surface area contributed by atoms with E-state index in [-0.39, 0.29) is 32.1 Å². The molecule has 0 bridgehead atoms. The Morgan fingerprint density at radius 1 is 0.364 bits per heavy atom. The van der Waals surface area contributed by atoms with Gasteiger partial charge in [-0.25, -0.2) is 9.13 Å². The standard InChI is InChI=1S/C93H178N2O21P2/c1-7-13-19-25-31-37-40-46-52-58-64-70-86(99)111-80(67-61-55-49-43-34-28-22-16-10-4)75-84(97)94-90-92(115-89(102)77-82(69-63-57-51-45-36-30-24-18-12-6)113-88(101)72-66-60-54-48-42-39-33-27-21-15-9-3)91(116-118(106,107)108)83(78-96)114-93(90)109-74-73-95(79-110-117(103,104)105)85(98)76-81(68-62-56-50-44-35-29-23-17-11-5)112-87(100)71-65-59-53-47-41-38-32-26-20-14-8-2/h80-83,90-93,96H,7-79H2,1-6H3,(H,94,97)(H2,103,104,105)(H2,106,107,108)/t80-,81-,82-,83-,90-,91-,92-,93-/m1/s1. The monoisotopic (exact) mass is 1720 g/mol. The molecule has 1 aliphatic rings. The second kappa shape index (κ2) is 78.6. The number of nitrogens with zero attached hydrogens (tertiary/aromatic N) is 1. The van der Waals surface area contributed by atoms with Crippen molar-refractivity contribution in [3.05, 3.63) is 0 Å². The van der Waals surface area contributed by atoms with Gasteiger partial charge in [0.25, 0.3) is 0 Å². The molecule has 0 aromatic heterocycles. The molecule has 0 unspecified atom stereocenters. The van der Waals surface area contributed by atoms with Crippen LogP contribution in [0.3, 0.4) is 0 Å². The van der Waals surface area contributed by atoms with Crippen LogP contribution in [0.15, 0.2) is 0 Å².